The Morgan fingerprint density at radius 2 is 2.00 bits per heavy atom. The van der Waals surface area contributed by atoms with Crippen molar-refractivity contribution in [2.24, 2.45) is 0 Å². The van der Waals surface area contributed by atoms with Crippen LogP contribution in [0.25, 0.3) is 0 Å². The van der Waals surface area contributed by atoms with Crippen LogP contribution in [0.1, 0.15) is 26.7 Å². The summed E-state index contributed by atoms with van der Waals surface area (Å²) in [5.41, 5.74) is -1.10. The van der Waals surface area contributed by atoms with E-state index in [2.05, 4.69) is 0 Å². The largest absolute Gasteiger partial charge is 0.389 e. The molecule has 1 aliphatic heterocycles. The summed E-state index contributed by atoms with van der Waals surface area (Å²) in [4.78, 5) is -0.0113. The average molecular weight is 338 g/mol. The van der Waals surface area contributed by atoms with E-state index in [1.807, 2.05) is 0 Å². The number of hydrogen-bond donors (Lipinski definition) is 1. The van der Waals surface area contributed by atoms with Gasteiger partial charge >= 0.3 is 0 Å². The molecule has 0 spiro atoms. The molecule has 0 bridgehead atoms. The molecule has 1 heterocycles. The molecule has 1 unspecified atom stereocenters. The monoisotopic (exact) mass is 337 g/mol. The molecule has 1 N–H and O–H groups in total. The fourth-order valence-corrected chi connectivity index (χ4v) is 5.09. The molecule has 2 rings (SSSR count). The normalized spacial score (nSPS) is 21.4. The number of hydrogen-bond acceptors (Lipinski definition) is 3. The van der Waals surface area contributed by atoms with Crippen molar-refractivity contribution < 1.29 is 13.5 Å². The van der Waals surface area contributed by atoms with Gasteiger partial charge in [-0.05, 0) is 44.9 Å². The summed E-state index contributed by atoms with van der Waals surface area (Å²) in [6.07, 6.45) is 1.34. The van der Waals surface area contributed by atoms with Crippen LogP contribution in [0.4, 0.5) is 0 Å². The van der Waals surface area contributed by atoms with E-state index in [0.29, 0.717) is 24.4 Å². The number of sulfonamides is 1. The van der Waals surface area contributed by atoms with E-state index in [9.17, 15) is 13.5 Å². The zero-order valence-corrected chi connectivity index (χ0v) is 13.6. The number of halogens is 2. The van der Waals surface area contributed by atoms with Crippen LogP contribution < -0.4 is 0 Å². The first kappa shape index (κ1) is 16.0. The van der Waals surface area contributed by atoms with Crippen molar-refractivity contribution in [3.8, 4) is 0 Å². The first-order chi connectivity index (χ1) is 9.14. The van der Waals surface area contributed by atoms with Crippen LogP contribution in [-0.2, 0) is 10.0 Å². The molecular weight excluding hydrogens is 321 g/mol. The van der Waals surface area contributed by atoms with E-state index in [0.717, 1.165) is 0 Å². The maximum Gasteiger partial charge on any atom is 0.244 e. The lowest BCUT2D eigenvalue weighted by atomic mass is 9.98. The van der Waals surface area contributed by atoms with Gasteiger partial charge in [-0.15, -0.1) is 0 Å². The Morgan fingerprint density at radius 1 is 1.35 bits per heavy atom. The molecule has 20 heavy (non-hydrogen) atoms. The highest BCUT2D eigenvalue weighted by atomic mass is 35.5. The van der Waals surface area contributed by atoms with Gasteiger partial charge in [0.25, 0.3) is 0 Å². The van der Waals surface area contributed by atoms with Crippen LogP contribution in [0, 0.1) is 0 Å². The fraction of sp³-hybridized carbons (Fsp3) is 0.538. The molecule has 0 aromatic heterocycles. The van der Waals surface area contributed by atoms with Crippen LogP contribution in [0.15, 0.2) is 23.1 Å². The lowest BCUT2D eigenvalue weighted by Crippen LogP contribution is -2.48. The van der Waals surface area contributed by atoms with Gasteiger partial charge in [0.1, 0.15) is 4.90 Å². The van der Waals surface area contributed by atoms with E-state index in [1.54, 1.807) is 19.9 Å². The molecule has 1 aromatic carbocycles. The second kappa shape index (κ2) is 5.46. The average Bonchev–Trinajstić information content (AvgIpc) is 2.81. The Morgan fingerprint density at radius 3 is 2.60 bits per heavy atom. The zero-order chi connectivity index (χ0) is 15.1. The van der Waals surface area contributed by atoms with Gasteiger partial charge in [-0.1, -0.05) is 23.2 Å². The van der Waals surface area contributed by atoms with Gasteiger partial charge in [0.05, 0.1) is 16.7 Å². The van der Waals surface area contributed by atoms with Crippen LogP contribution in [0.5, 0.6) is 0 Å². The van der Waals surface area contributed by atoms with E-state index in [1.165, 1.54) is 16.4 Å². The molecule has 1 fully saturated rings. The van der Waals surface area contributed by atoms with Gasteiger partial charge in [-0.2, -0.15) is 4.31 Å². The van der Waals surface area contributed by atoms with E-state index in [4.69, 9.17) is 23.2 Å². The van der Waals surface area contributed by atoms with Crippen molar-refractivity contribution in [1.29, 1.82) is 0 Å². The zero-order valence-electron chi connectivity index (χ0n) is 11.3. The molecule has 7 heteroatoms. The van der Waals surface area contributed by atoms with Crippen molar-refractivity contribution in [1.82, 2.24) is 4.31 Å². The van der Waals surface area contributed by atoms with E-state index in [-0.39, 0.29) is 9.92 Å². The van der Waals surface area contributed by atoms with Crippen molar-refractivity contribution in [3.63, 3.8) is 0 Å². The Balaban J connectivity index is 2.47. The first-order valence-electron chi connectivity index (χ1n) is 6.33. The van der Waals surface area contributed by atoms with Crippen LogP contribution in [-0.4, -0.2) is 36.0 Å². The van der Waals surface area contributed by atoms with Crippen molar-refractivity contribution in [3.05, 3.63) is 28.2 Å². The summed E-state index contributed by atoms with van der Waals surface area (Å²) in [6.45, 7) is 3.61. The van der Waals surface area contributed by atoms with Gasteiger partial charge in [-0.3, -0.25) is 0 Å². The topological polar surface area (TPSA) is 57.6 Å². The molecule has 0 saturated carbocycles. The number of rotatable bonds is 3. The standard InChI is InChI=1S/C13H17Cl2NO3S/c1-13(2,17)12-4-3-7-16(12)20(18,19)11-8-9(14)5-6-10(11)15/h5-6,8,12,17H,3-4,7H2,1-2H3. The molecule has 112 valence electrons. The summed E-state index contributed by atoms with van der Waals surface area (Å²) < 4.78 is 26.8. The third-order valence-corrected chi connectivity index (χ3v) is 6.12. The van der Waals surface area contributed by atoms with Crippen LogP contribution in [0.2, 0.25) is 10.0 Å². The van der Waals surface area contributed by atoms with E-state index < -0.39 is 21.7 Å². The minimum atomic E-state index is -3.77. The molecule has 1 aromatic rings. The van der Waals surface area contributed by atoms with Crippen molar-refractivity contribution in [2.45, 2.75) is 43.2 Å². The maximum atomic E-state index is 12.7. The van der Waals surface area contributed by atoms with Gasteiger partial charge in [0, 0.05) is 11.6 Å². The minimum absolute atomic E-state index is 0.0113. The van der Waals surface area contributed by atoms with Crippen molar-refractivity contribution in [2.75, 3.05) is 6.54 Å². The Bertz CT molecular complexity index is 611. The molecule has 4 nitrogen and oxygen atoms in total. The van der Waals surface area contributed by atoms with Gasteiger partial charge < -0.3 is 5.11 Å². The molecule has 1 atom stereocenters. The molecule has 0 radical (unpaired) electrons. The summed E-state index contributed by atoms with van der Waals surface area (Å²) in [5, 5.41) is 10.6. The van der Waals surface area contributed by atoms with Crippen LogP contribution in [0.3, 0.4) is 0 Å². The highest BCUT2D eigenvalue weighted by Gasteiger charge is 2.43. The predicted molar refractivity (Wildman–Crippen MR) is 79.7 cm³/mol. The predicted octanol–water partition coefficient (Wildman–Crippen LogP) is 2.92. The maximum absolute atomic E-state index is 12.7. The fourth-order valence-electron chi connectivity index (χ4n) is 2.53. The summed E-state index contributed by atoms with van der Waals surface area (Å²) in [7, 11) is -3.77. The third-order valence-electron chi connectivity index (χ3n) is 3.50. The Labute approximate surface area is 129 Å². The summed E-state index contributed by atoms with van der Waals surface area (Å²) in [6, 6.07) is 3.90. The van der Waals surface area contributed by atoms with E-state index >= 15 is 0 Å². The SMILES string of the molecule is CC(C)(O)C1CCCN1S(=O)(=O)c1cc(Cl)ccc1Cl. The lowest BCUT2D eigenvalue weighted by molar-refractivity contribution is 0.0215. The Kier molecular flexibility index (Phi) is 4.38. The van der Waals surface area contributed by atoms with Gasteiger partial charge in [0.15, 0.2) is 0 Å². The minimum Gasteiger partial charge on any atom is -0.389 e. The number of benzene rings is 1. The Hall–Kier alpha value is -0.330. The first-order valence-corrected chi connectivity index (χ1v) is 8.53. The lowest BCUT2D eigenvalue weighted by Gasteiger charge is -2.33. The van der Waals surface area contributed by atoms with Gasteiger partial charge in [-0.25, -0.2) is 8.42 Å². The third kappa shape index (κ3) is 2.97. The second-order valence-electron chi connectivity index (χ2n) is 5.50. The molecule has 0 aliphatic carbocycles. The highest BCUT2D eigenvalue weighted by molar-refractivity contribution is 7.89. The van der Waals surface area contributed by atoms with Crippen LogP contribution >= 0.6 is 23.2 Å². The molecular formula is C13H17Cl2NO3S. The molecule has 1 saturated heterocycles. The molecule has 1 aliphatic rings. The number of aliphatic hydroxyl groups is 1. The summed E-state index contributed by atoms with van der Waals surface area (Å²) in [5.74, 6) is 0. The summed E-state index contributed by atoms with van der Waals surface area (Å²) >= 11 is 11.9. The molecule has 0 amide bonds. The van der Waals surface area contributed by atoms with Gasteiger partial charge in [0.2, 0.25) is 10.0 Å². The quantitative estimate of drug-likeness (QED) is 0.922. The van der Waals surface area contributed by atoms with Crippen molar-refractivity contribution >= 4 is 33.2 Å². The smallest absolute Gasteiger partial charge is 0.244 e. The number of nitrogens with zero attached hydrogens (tertiary/aromatic N) is 1. The second-order valence-corrected chi connectivity index (χ2v) is 8.20. The highest BCUT2D eigenvalue weighted by Crippen LogP contribution is 2.35.